The Kier molecular flexibility index (Phi) is 5.80. The molecule has 164 valence electrons. The highest BCUT2D eigenvalue weighted by Gasteiger charge is 2.21. The Morgan fingerprint density at radius 2 is 1.81 bits per heavy atom. The molecule has 0 aliphatic heterocycles. The molecule has 0 saturated heterocycles. The van der Waals surface area contributed by atoms with Gasteiger partial charge in [-0.3, -0.25) is 14.2 Å². The van der Waals surface area contributed by atoms with Gasteiger partial charge in [0.15, 0.2) is 5.78 Å². The van der Waals surface area contributed by atoms with E-state index in [2.05, 4.69) is 4.98 Å². The molecule has 0 bridgehead atoms. The maximum Gasteiger partial charge on any atom is 0.263 e. The number of carbonyl (C=O) groups is 1. The van der Waals surface area contributed by atoms with Gasteiger partial charge in [-0.15, -0.1) is 11.3 Å². The van der Waals surface area contributed by atoms with Crippen molar-refractivity contribution >= 4 is 27.3 Å². The molecule has 4 aromatic rings. The van der Waals surface area contributed by atoms with Crippen molar-refractivity contribution in [3.63, 3.8) is 0 Å². The van der Waals surface area contributed by atoms with Crippen LogP contribution in [0.4, 0.5) is 4.39 Å². The summed E-state index contributed by atoms with van der Waals surface area (Å²) in [5.74, 6) is 0.734. The molecule has 4 rings (SSSR count). The topological polar surface area (TPSA) is 70.4 Å². The van der Waals surface area contributed by atoms with Gasteiger partial charge in [-0.1, -0.05) is 12.1 Å². The van der Waals surface area contributed by atoms with Crippen LogP contribution in [0.5, 0.6) is 11.5 Å². The lowest BCUT2D eigenvalue weighted by molar-refractivity contribution is 0.0966. The highest BCUT2D eigenvalue weighted by molar-refractivity contribution is 7.19. The van der Waals surface area contributed by atoms with E-state index in [0.717, 1.165) is 10.4 Å². The van der Waals surface area contributed by atoms with Gasteiger partial charge in [0.25, 0.3) is 5.56 Å². The summed E-state index contributed by atoms with van der Waals surface area (Å²) < 4.78 is 25.3. The molecule has 0 spiro atoms. The van der Waals surface area contributed by atoms with Gasteiger partial charge in [-0.2, -0.15) is 0 Å². The number of halogens is 1. The Morgan fingerprint density at radius 1 is 1.09 bits per heavy atom. The largest absolute Gasteiger partial charge is 0.497 e. The van der Waals surface area contributed by atoms with Crippen LogP contribution in [0.3, 0.4) is 0 Å². The van der Waals surface area contributed by atoms with Gasteiger partial charge in [0, 0.05) is 16.5 Å². The maximum absolute atomic E-state index is 13.5. The van der Waals surface area contributed by atoms with E-state index in [1.54, 1.807) is 37.3 Å². The van der Waals surface area contributed by atoms with Crippen LogP contribution < -0.4 is 15.0 Å². The SMILES string of the molecule is COc1ccc(C(=O)Cn2c(C)nc3sc(C)c(-c4ccc(F)cc4)c3c2=O)c(OC)c1. The smallest absolute Gasteiger partial charge is 0.263 e. The Labute approximate surface area is 187 Å². The number of ether oxygens (including phenoxy) is 2. The van der Waals surface area contributed by atoms with Crippen molar-refractivity contribution < 1.29 is 18.7 Å². The summed E-state index contributed by atoms with van der Waals surface area (Å²) in [6.07, 6.45) is 0. The van der Waals surface area contributed by atoms with E-state index < -0.39 is 0 Å². The minimum atomic E-state index is -0.351. The van der Waals surface area contributed by atoms with Gasteiger partial charge in [-0.25, -0.2) is 9.37 Å². The number of thiophene rings is 1. The lowest BCUT2D eigenvalue weighted by Crippen LogP contribution is -2.27. The molecular formula is C24H21FN2O4S. The Morgan fingerprint density at radius 3 is 2.47 bits per heavy atom. The molecule has 0 radical (unpaired) electrons. The summed E-state index contributed by atoms with van der Waals surface area (Å²) >= 11 is 1.40. The summed E-state index contributed by atoms with van der Waals surface area (Å²) in [6, 6.07) is 10.9. The second-order valence-corrected chi connectivity index (χ2v) is 8.46. The van der Waals surface area contributed by atoms with Gasteiger partial charge in [0.2, 0.25) is 0 Å². The number of rotatable bonds is 6. The third-order valence-corrected chi connectivity index (χ3v) is 6.32. The Balaban J connectivity index is 1.82. The fourth-order valence-corrected chi connectivity index (χ4v) is 4.79. The van der Waals surface area contributed by atoms with Gasteiger partial charge < -0.3 is 9.47 Å². The second kappa shape index (κ2) is 8.55. The first-order valence-electron chi connectivity index (χ1n) is 9.85. The summed E-state index contributed by atoms with van der Waals surface area (Å²) in [5, 5.41) is 0.430. The zero-order chi connectivity index (χ0) is 23.0. The van der Waals surface area contributed by atoms with Crippen LogP contribution in [-0.4, -0.2) is 29.6 Å². The molecule has 0 atom stereocenters. The Hall–Kier alpha value is -3.52. The molecule has 2 aromatic carbocycles. The molecule has 0 aliphatic rings. The molecule has 6 nitrogen and oxygen atoms in total. The van der Waals surface area contributed by atoms with Crippen LogP contribution in [0.2, 0.25) is 0 Å². The first kappa shape index (κ1) is 21.7. The van der Waals surface area contributed by atoms with Crippen molar-refractivity contribution in [1.29, 1.82) is 0 Å². The molecule has 2 heterocycles. The molecule has 32 heavy (non-hydrogen) atoms. The van der Waals surface area contributed by atoms with Crippen LogP contribution in [0.15, 0.2) is 47.3 Å². The number of benzene rings is 2. The molecule has 2 aromatic heterocycles. The number of Topliss-reactive ketones (excluding diaryl/α,β-unsaturated/α-hetero) is 1. The number of hydrogen-bond acceptors (Lipinski definition) is 6. The normalized spacial score (nSPS) is 11.0. The average molecular weight is 453 g/mol. The van der Waals surface area contributed by atoms with Crippen molar-refractivity contribution in [2.45, 2.75) is 20.4 Å². The van der Waals surface area contributed by atoms with Crippen LogP contribution in [0.25, 0.3) is 21.3 Å². The number of aryl methyl sites for hydroxylation is 2. The van der Waals surface area contributed by atoms with E-state index in [9.17, 15) is 14.0 Å². The van der Waals surface area contributed by atoms with Crippen molar-refractivity contribution in [1.82, 2.24) is 9.55 Å². The number of ketones is 1. The van der Waals surface area contributed by atoms with Crippen LogP contribution in [-0.2, 0) is 6.54 Å². The fraction of sp³-hybridized carbons (Fsp3) is 0.208. The number of aromatic nitrogens is 2. The maximum atomic E-state index is 13.5. The van der Waals surface area contributed by atoms with Crippen molar-refractivity contribution in [3.8, 4) is 22.6 Å². The van der Waals surface area contributed by atoms with Gasteiger partial charge in [0.1, 0.15) is 28.0 Å². The van der Waals surface area contributed by atoms with E-state index in [4.69, 9.17) is 9.47 Å². The Bertz CT molecular complexity index is 1390. The quantitative estimate of drug-likeness (QED) is 0.394. The van der Waals surface area contributed by atoms with Crippen molar-refractivity contribution in [2.75, 3.05) is 14.2 Å². The zero-order valence-corrected chi connectivity index (χ0v) is 18.9. The van der Waals surface area contributed by atoms with E-state index in [1.165, 1.54) is 42.3 Å². The van der Waals surface area contributed by atoms with Gasteiger partial charge in [-0.05, 0) is 43.7 Å². The average Bonchev–Trinajstić information content (AvgIpc) is 3.12. The second-order valence-electron chi connectivity index (χ2n) is 7.26. The van der Waals surface area contributed by atoms with E-state index in [1.807, 2.05) is 6.92 Å². The monoisotopic (exact) mass is 452 g/mol. The third-order valence-electron chi connectivity index (χ3n) is 5.32. The predicted octanol–water partition coefficient (Wildman–Crippen LogP) is 4.78. The van der Waals surface area contributed by atoms with Gasteiger partial charge >= 0.3 is 0 Å². The first-order valence-corrected chi connectivity index (χ1v) is 10.7. The van der Waals surface area contributed by atoms with Crippen molar-refractivity contribution in [3.05, 3.63) is 74.9 Å². The minimum absolute atomic E-state index is 0.186. The molecule has 0 saturated carbocycles. The van der Waals surface area contributed by atoms with E-state index >= 15 is 0 Å². The minimum Gasteiger partial charge on any atom is -0.497 e. The molecular weight excluding hydrogens is 431 g/mol. The summed E-state index contributed by atoms with van der Waals surface area (Å²) in [7, 11) is 3.00. The number of nitrogens with zero attached hydrogens (tertiary/aromatic N) is 2. The molecule has 0 unspecified atom stereocenters. The van der Waals surface area contributed by atoms with E-state index in [0.29, 0.717) is 38.7 Å². The fourth-order valence-electron chi connectivity index (χ4n) is 3.70. The summed E-state index contributed by atoms with van der Waals surface area (Å²) in [4.78, 5) is 32.7. The standard InChI is InChI=1S/C24H21FN2O4S/c1-13-21(15-5-7-16(25)8-6-15)22-23(32-13)26-14(2)27(24(22)29)12-19(28)18-10-9-17(30-3)11-20(18)31-4/h5-11H,12H2,1-4H3. The number of methoxy groups -OCH3 is 2. The summed E-state index contributed by atoms with van der Waals surface area (Å²) in [5.41, 5.74) is 1.48. The molecule has 0 fully saturated rings. The first-order chi connectivity index (χ1) is 15.3. The van der Waals surface area contributed by atoms with E-state index in [-0.39, 0.29) is 23.7 Å². The summed E-state index contributed by atoms with van der Waals surface area (Å²) in [6.45, 7) is 3.41. The lowest BCUT2D eigenvalue weighted by atomic mass is 10.0. The highest BCUT2D eigenvalue weighted by Crippen LogP contribution is 2.36. The highest BCUT2D eigenvalue weighted by atomic mass is 32.1. The number of carbonyl (C=O) groups excluding carboxylic acids is 1. The third kappa shape index (κ3) is 3.78. The molecule has 0 amide bonds. The van der Waals surface area contributed by atoms with Crippen LogP contribution >= 0.6 is 11.3 Å². The lowest BCUT2D eigenvalue weighted by Gasteiger charge is -2.12. The zero-order valence-electron chi connectivity index (χ0n) is 18.1. The van der Waals surface area contributed by atoms with Crippen LogP contribution in [0.1, 0.15) is 21.1 Å². The number of hydrogen-bond donors (Lipinski definition) is 0. The molecule has 8 heteroatoms. The molecule has 0 aliphatic carbocycles. The van der Waals surface area contributed by atoms with Crippen LogP contribution in [0, 0.1) is 19.7 Å². The predicted molar refractivity (Wildman–Crippen MR) is 123 cm³/mol. The van der Waals surface area contributed by atoms with Crippen molar-refractivity contribution in [2.24, 2.45) is 0 Å². The van der Waals surface area contributed by atoms with Gasteiger partial charge in [0.05, 0.1) is 31.7 Å². The molecule has 0 N–H and O–H groups in total. The number of fused-ring (bicyclic) bond motifs is 1.